The van der Waals surface area contributed by atoms with Crippen molar-refractivity contribution < 1.29 is 9.53 Å². The third-order valence-electron chi connectivity index (χ3n) is 4.68. The molecule has 1 aliphatic rings. The van der Waals surface area contributed by atoms with E-state index in [1.807, 2.05) is 30.3 Å². The molecule has 0 saturated heterocycles. The number of rotatable bonds is 4. The smallest absolute Gasteiger partial charge is 0.262 e. The summed E-state index contributed by atoms with van der Waals surface area (Å²) in [5.41, 5.74) is 5.44. The Bertz CT molecular complexity index is 978. The molecule has 1 amide bonds. The van der Waals surface area contributed by atoms with Gasteiger partial charge in [0.25, 0.3) is 5.91 Å². The standard InChI is InChI=1S/C22H21N3O2/c1-14-11-15(2)13-16(12-14)24-21-20-19(5-4-10-23-20)22(26)25(21)17-6-8-18(27-3)9-7-17/h4-13,21,24H,1-3H3/t21-/m0/s1. The van der Waals surface area contributed by atoms with Crippen LogP contribution in [0.25, 0.3) is 0 Å². The number of fused-ring (bicyclic) bond motifs is 1. The quantitative estimate of drug-likeness (QED) is 0.746. The second kappa shape index (κ2) is 6.76. The van der Waals surface area contributed by atoms with E-state index in [-0.39, 0.29) is 12.1 Å². The lowest BCUT2D eigenvalue weighted by Crippen LogP contribution is -2.32. The molecule has 1 atom stereocenters. The number of nitrogens with zero attached hydrogens (tertiary/aromatic N) is 2. The Morgan fingerprint density at radius 3 is 2.41 bits per heavy atom. The molecule has 5 heteroatoms. The van der Waals surface area contributed by atoms with Gasteiger partial charge < -0.3 is 10.1 Å². The van der Waals surface area contributed by atoms with E-state index in [1.165, 1.54) is 11.1 Å². The van der Waals surface area contributed by atoms with Gasteiger partial charge in [0, 0.05) is 17.6 Å². The highest BCUT2D eigenvalue weighted by atomic mass is 16.5. The van der Waals surface area contributed by atoms with Gasteiger partial charge in [-0.2, -0.15) is 0 Å². The fourth-order valence-corrected chi connectivity index (χ4v) is 3.54. The van der Waals surface area contributed by atoms with Crippen molar-refractivity contribution in [3.8, 4) is 5.75 Å². The van der Waals surface area contributed by atoms with Gasteiger partial charge in [-0.05, 0) is 73.5 Å². The normalized spacial score (nSPS) is 15.6. The molecule has 4 rings (SSSR count). The van der Waals surface area contributed by atoms with Crippen molar-refractivity contribution in [1.82, 2.24) is 4.98 Å². The Balaban J connectivity index is 1.77. The largest absolute Gasteiger partial charge is 0.497 e. The molecule has 5 nitrogen and oxygen atoms in total. The lowest BCUT2D eigenvalue weighted by atomic mass is 10.1. The van der Waals surface area contributed by atoms with Crippen LogP contribution in [0.3, 0.4) is 0 Å². The summed E-state index contributed by atoms with van der Waals surface area (Å²) in [6.45, 7) is 4.12. The summed E-state index contributed by atoms with van der Waals surface area (Å²) in [5.74, 6) is 0.685. The first-order valence-corrected chi connectivity index (χ1v) is 8.84. The Morgan fingerprint density at radius 2 is 1.74 bits per heavy atom. The van der Waals surface area contributed by atoms with Crippen LogP contribution < -0.4 is 15.0 Å². The molecule has 1 aromatic heterocycles. The zero-order chi connectivity index (χ0) is 19.0. The molecule has 0 fully saturated rings. The van der Waals surface area contributed by atoms with E-state index in [0.29, 0.717) is 5.56 Å². The molecule has 0 saturated carbocycles. The number of anilines is 2. The Kier molecular flexibility index (Phi) is 4.28. The molecule has 0 spiro atoms. The molecule has 2 heterocycles. The molecule has 0 radical (unpaired) electrons. The van der Waals surface area contributed by atoms with Crippen molar-refractivity contribution in [1.29, 1.82) is 0 Å². The van der Waals surface area contributed by atoms with Gasteiger partial charge in [-0.3, -0.25) is 14.7 Å². The van der Waals surface area contributed by atoms with Crippen molar-refractivity contribution in [3.63, 3.8) is 0 Å². The van der Waals surface area contributed by atoms with Gasteiger partial charge in [-0.15, -0.1) is 0 Å². The Morgan fingerprint density at radius 1 is 1.04 bits per heavy atom. The topological polar surface area (TPSA) is 54.5 Å². The molecular formula is C22H21N3O2. The lowest BCUT2D eigenvalue weighted by molar-refractivity contribution is 0.0993. The molecule has 0 aliphatic carbocycles. The summed E-state index contributed by atoms with van der Waals surface area (Å²) in [4.78, 5) is 19.3. The zero-order valence-corrected chi connectivity index (χ0v) is 15.6. The van der Waals surface area contributed by atoms with Crippen LogP contribution in [0.5, 0.6) is 5.75 Å². The first kappa shape index (κ1) is 17.1. The molecule has 3 aromatic rings. The van der Waals surface area contributed by atoms with Gasteiger partial charge in [0.1, 0.15) is 5.75 Å². The van der Waals surface area contributed by atoms with E-state index in [0.717, 1.165) is 22.8 Å². The van der Waals surface area contributed by atoms with Gasteiger partial charge in [0.05, 0.1) is 18.4 Å². The fraction of sp³-hybridized carbons (Fsp3) is 0.182. The third kappa shape index (κ3) is 3.12. The number of amides is 1. The van der Waals surface area contributed by atoms with E-state index in [1.54, 1.807) is 24.3 Å². The minimum atomic E-state index is -0.372. The second-order valence-electron chi connectivity index (χ2n) is 6.73. The molecule has 0 bridgehead atoms. The minimum Gasteiger partial charge on any atom is -0.497 e. The molecule has 27 heavy (non-hydrogen) atoms. The van der Waals surface area contributed by atoms with Crippen molar-refractivity contribution >= 4 is 17.3 Å². The number of methoxy groups -OCH3 is 1. The van der Waals surface area contributed by atoms with Gasteiger partial charge >= 0.3 is 0 Å². The zero-order valence-electron chi connectivity index (χ0n) is 15.6. The maximum atomic E-state index is 13.1. The van der Waals surface area contributed by atoms with E-state index >= 15 is 0 Å². The van der Waals surface area contributed by atoms with Crippen LogP contribution >= 0.6 is 0 Å². The maximum absolute atomic E-state index is 13.1. The molecule has 1 N–H and O–H groups in total. The minimum absolute atomic E-state index is 0.0647. The first-order chi connectivity index (χ1) is 13.1. The molecule has 136 valence electrons. The molecule has 1 aliphatic heterocycles. The predicted molar refractivity (Wildman–Crippen MR) is 106 cm³/mol. The van der Waals surface area contributed by atoms with Crippen LogP contribution in [0.1, 0.15) is 33.3 Å². The first-order valence-electron chi connectivity index (χ1n) is 8.84. The van der Waals surface area contributed by atoms with Gasteiger partial charge in [0.15, 0.2) is 6.17 Å². The lowest BCUT2D eigenvalue weighted by Gasteiger charge is -2.27. The number of pyridine rings is 1. The number of hydrogen-bond donors (Lipinski definition) is 1. The summed E-state index contributed by atoms with van der Waals surface area (Å²) >= 11 is 0. The highest BCUT2D eigenvalue weighted by Gasteiger charge is 2.39. The Hall–Kier alpha value is -3.34. The average molecular weight is 359 g/mol. The van der Waals surface area contributed by atoms with E-state index in [2.05, 4.69) is 42.3 Å². The van der Waals surface area contributed by atoms with Crippen LogP contribution in [0.2, 0.25) is 0 Å². The summed E-state index contributed by atoms with van der Waals surface area (Å²) in [6.07, 6.45) is 1.35. The average Bonchev–Trinajstić information content (AvgIpc) is 2.93. The van der Waals surface area contributed by atoms with Crippen LogP contribution in [0.15, 0.2) is 60.8 Å². The van der Waals surface area contributed by atoms with Gasteiger partial charge in [-0.1, -0.05) is 6.07 Å². The number of hydrogen-bond acceptors (Lipinski definition) is 4. The number of ether oxygens (including phenoxy) is 1. The molecule has 2 aromatic carbocycles. The summed E-state index contributed by atoms with van der Waals surface area (Å²) in [5, 5.41) is 3.50. The number of carbonyl (C=O) groups excluding carboxylic acids is 1. The summed E-state index contributed by atoms with van der Waals surface area (Å²) in [7, 11) is 1.63. The van der Waals surface area contributed by atoms with Crippen LogP contribution in [0.4, 0.5) is 11.4 Å². The summed E-state index contributed by atoms with van der Waals surface area (Å²) < 4.78 is 5.24. The maximum Gasteiger partial charge on any atom is 0.262 e. The number of aromatic nitrogens is 1. The SMILES string of the molecule is COc1ccc(N2C(=O)c3cccnc3[C@H]2Nc2cc(C)cc(C)c2)cc1. The predicted octanol–water partition coefficient (Wildman–Crippen LogP) is 4.48. The molecule has 0 unspecified atom stereocenters. The summed E-state index contributed by atoms with van der Waals surface area (Å²) in [6, 6.07) is 17.4. The van der Waals surface area contributed by atoms with Gasteiger partial charge in [0.2, 0.25) is 0 Å². The highest BCUT2D eigenvalue weighted by molar-refractivity contribution is 6.11. The highest BCUT2D eigenvalue weighted by Crippen LogP contribution is 2.37. The third-order valence-corrected chi connectivity index (χ3v) is 4.68. The van der Waals surface area contributed by atoms with Crippen LogP contribution in [-0.2, 0) is 0 Å². The number of benzene rings is 2. The number of nitrogens with one attached hydrogen (secondary N) is 1. The van der Waals surface area contributed by atoms with Crippen molar-refractivity contribution in [3.05, 3.63) is 83.2 Å². The second-order valence-corrected chi connectivity index (χ2v) is 6.73. The van der Waals surface area contributed by atoms with Crippen molar-refractivity contribution in [2.75, 3.05) is 17.3 Å². The fourth-order valence-electron chi connectivity index (χ4n) is 3.54. The van der Waals surface area contributed by atoms with E-state index in [4.69, 9.17) is 4.74 Å². The van der Waals surface area contributed by atoms with Crippen molar-refractivity contribution in [2.24, 2.45) is 0 Å². The van der Waals surface area contributed by atoms with Crippen LogP contribution in [0, 0.1) is 13.8 Å². The van der Waals surface area contributed by atoms with Crippen molar-refractivity contribution in [2.45, 2.75) is 20.0 Å². The number of carbonyl (C=O) groups is 1. The van der Waals surface area contributed by atoms with E-state index < -0.39 is 0 Å². The van der Waals surface area contributed by atoms with Crippen LogP contribution in [-0.4, -0.2) is 18.0 Å². The molecular weight excluding hydrogens is 338 g/mol. The monoisotopic (exact) mass is 359 g/mol. The van der Waals surface area contributed by atoms with E-state index in [9.17, 15) is 4.79 Å². The van der Waals surface area contributed by atoms with Gasteiger partial charge in [-0.25, -0.2) is 0 Å². The number of aryl methyl sites for hydroxylation is 2. The Labute approximate surface area is 158 Å².